The number of alkyl halides is 1. The Labute approximate surface area is 71.1 Å². The lowest BCUT2D eigenvalue weighted by Gasteiger charge is -2.08. The number of hydrogen-bond acceptors (Lipinski definition) is 3. The maximum Gasteiger partial charge on any atom is 0.207 e. The van der Waals surface area contributed by atoms with E-state index in [4.69, 9.17) is 16.1 Å². The number of aliphatic hydroxyl groups is 1. The molecule has 1 aliphatic heterocycles. The molecule has 66 valence electrons. The summed E-state index contributed by atoms with van der Waals surface area (Å²) in [5.74, 6) is 0. The smallest absolute Gasteiger partial charge is 0.207 e. The largest absolute Gasteiger partial charge is 0.391 e. The van der Waals surface area contributed by atoms with E-state index in [9.17, 15) is 9.67 Å². The predicted molar refractivity (Wildman–Crippen MR) is 44.6 cm³/mol. The van der Waals surface area contributed by atoms with Crippen LogP contribution in [0.5, 0.6) is 0 Å². The van der Waals surface area contributed by atoms with Crippen LogP contribution in [0.4, 0.5) is 0 Å². The Morgan fingerprint density at radius 3 is 2.73 bits per heavy atom. The average Bonchev–Trinajstić information content (AvgIpc) is 2.08. The van der Waals surface area contributed by atoms with Crippen LogP contribution in [0.2, 0.25) is 0 Å². The van der Waals surface area contributed by atoms with Gasteiger partial charge < -0.3 is 9.63 Å². The minimum Gasteiger partial charge on any atom is -0.391 e. The maximum absolute atomic E-state index is 11.6. The quantitative estimate of drug-likeness (QED) is 0.537. The lowest BCUT2D eigenvalue weighted by atomic mass is 10.3. The summed E-state index contributed by atoms with van der Waals surface area (Å²) >= 11 is 5.68. The van der Waals surface area contributed by atoms with Gasteiger partial charge in [0.15, 0.2) is 0 Å². The predicted octanol–water partition coefficient (Wildman–Crippen LogP) is 1.28. The Hall–Kier alpha value is 0.440. The molecule has 3 nitrogen and oxygen atoms in total. The molecule has 3 atom stereocenters. The van der Waals surface area contributed by atoms with Crippen LogP contribution in [0.1, 0.15) is 6.92 Å². The van der Waals surface area contributed by atoms with E-state index in [1.165, 1.54) is 0 Å². The van der Waals surface area contributed by atoms with E-state index < -0.39 is 18.8 Å². The molecule has 0 spiro atoms. The van der Waals surface area contributed by atoms with Gasteiger partial charge >= 0.3 is 0 Å². The lowest BCUT2D eigenvalue weighted by molar-refractivity contribution is 0.204. The van der Waals surface area contributed by atoms with Crippen LogP contribution >= 0.6 is 19.0 Å². The Balaban J connectivity index is 2.57. The Kier molecular flexibility index (Phi) is 2.98. The summed E-state index contributed by atoms with van der Waals surface area (Å²) < 4.78 is 16.6. The van der Waals surface area contributed by atoms with Crippen molar-refractivity contribution in [3.63, 3.8) is 0 Å². The number of halogens is 1. The molecule has 0 aromatic rings. The van der Waals surface area contributed by atoms with Gasteiger partial charge in [-0.3, -0.25) is 4.57 Å². The van der Waals surface area contributed by atoms with Crippen molar-refractivity contribution in [3.8, 4) is 0 Å². The normalized spacial score (nSPS) is 44.6. The van der Waals surface area contributed by atoms with Crippen LogP contribution in [0.25, 0.3) is 0 Å². The van der Waals surface area contributed by atoms with E-state index in [1.807, 2.05) is 0 Å². The van der Waals surface area contributed by atoms with E-state index >= 15 is 0 Å². The van der Waals surface area contributed by atoms with Gasteiger partial charge in [0.1, 0.15) is 0 Å². The third-order valence-electron chi connectivity index (χ3n) is 1.70. The van der Waals surface area contributed by atoms with Crippen LogP contribution in [0.3, 0.4) is 0 Å². The lowest BCUT2D eigenvalue weighted by Crippen LogP contribution is -2.16. The van der Waals surface area contributed by atoms with Crippen molar-refractivity contribution in [1.82, 2.24) is 0 Å². The van der Waals surface area contributed by atoms with Gasteiger partial charge in [-0.2, -0.15) is 0 Å². The van der Waals surface area contributed by atoms with Crippen LogP contribution < -0.4 is 0 Å². The zero-order chi connectivity index (χ0) is 8.48. The standard InChI is InChI=1S/C6H12ClO3P/c1-2-10-11(9)3-5(7)6(8)4-11/h5-6,8H,2-4H2,1H3. The number of hydrogen-bond donors (Lipinski definition) is 1. The van der Waals surface area contributed by atoms with Crippen LogP contribution in [0, 0.1) is 0 Å². The fraction of sp³-hybridized carbons (Fsp3) is 1.00. The van der Waals surface area contributed by atoms with Gasteiger partial charge in [0.25, 0.3) is 0 Å². The molecule has 5 heteroatoms. The molecule has 1 aliphatic rings. The summed E-state index contributed by atoms with van der Waals surface area (Å²) in [6.07, 6.45) is -0.132. The monoisotopic (exact) mass is 198 g/mol. The van der Waals surface area contributed by atoms with Crippen molar-refractivity contribution in [2.75, 3.05) is 18.9 Å². The Morgan fingerprint density at radius 2 is 2.36 bits per heavy atom. The first-order valence-electron chi connectivity index (χ1n) is 3.62. The van der Waals surface area contributed by atoms with E-state index in [0.717, 1.165) is 0 Å². The molecule has 11 heavy (non-hydrogen) atoms. The highest BCUT2D eigenvalue weighted by molar-refractivity contribution is 7.59. The molecular weight excluding hydrogens is 186 g/mol. The third-order valence-corrected chi connectivity index (χ3v) is 4.97. The van der Waals surface area contributed by atoms with Crippen molar-refractivity contribution in [2.24, 2.45) is 0 Å². The maximum atomic E-state index is 11.6. The zero-order valence-corrected chi connectivity index (χ0v) is 8.02. The molecule has 3 unspecified atom stereocenters. The third kappa shape index (κ3) is 2.19. The molecule has 0 amide bonds. The highest BCUT2D eigenvalue weighted by Gasteiger charge is 2.40. The number of aliphatic hydroxyl groups excluding tert-OH is 1. The summed E-state index contributed by atoms with van der Waals surface area (Å²) in [5, 5.41) is 8.78. The first kappa shape index (κ1) is 9.53. The molecule has 0 saturated carbocycles. The van der Waals surface area contributed by atoms with E-state index in [0.29, 0.717) is 12.8 Å². The summed E-state index contributed by atoms with van der Waals surface area (Å²) in [5.41, 5.74) is 0. The molecule has 0 aliphatic carbocycles. The first-order valence-corrected chi connectivity index (χ1v) is 6.05. The second kappa shape index (κ2) is 3.44. The molecule has 1 fully saturated rings. The fourth-order valence-corrected chi connectivity index (χ4v) is 4.48. The Bertz CT molecular complexity index is 171. The summed E-state index contributed by atoms with van der Waals surface area (Å²) in [6.45, 7) is 2.21. The molecule has 0 aromatic heterocycles. The zero-order valence-electron chi connectivity index (χ0n) is 6.36. The van der Waals surface area contributed by atoms with E-state index in [2.05, 4.69) is 0 Å². The summed E-state index contributed by atoms with van der Waals surface area (Å²) in [7, 11) is -2.56. The van der Waals surface area contributed by atoms with E-state index in [1.54, 1.807) is 6.92 Å². The second-order valence-electron chi connectivity index (χ2n) is 2.68. The highest BCUT2D eigenvalue weighted by atomic mass is 35.5. The van der Waals surface area contributed by atoms with E-state index in [-0.39, 0.29) is 6.16 Å². The van der Waals surface area contributed by atoms with Crippen molar-refractivity contribution in [2.45, 2.75) is 18.4 Å². The van der Waals surface area contributed by atoms with Gasteiger partial charge in [-0.15, -0.1) is 11.6 Å². The molecule has 1 saturated heterocycles. The number of rotatable bonds is 2. The average molecular weight is 199 g/mol. The van der Waals surface area contributed by atoms with Crippen molar-refractivity contribution in [1.29, 1.82) is 0 Å². The van der Waals surface area contributed by atoms with Gasteiger partial charge in [-0.1, -0.05) is 0 Å². The van der Waals surface area contributed by atoms with Crippen LogP contribution in [-0.2, 0) is 9.09 Å². The van der Waals surface area contributed by atoms with Crippen molar-refractivity contribution >= 4 is 19.0 Å². The van der Waals surface area contributed by atoms with Gasteiger partial charge in [-0.05, 0) is 6.92 Å². The fourth-order valence-electron chi connectivity index (χ4n) is 1.20. The molecule has 0 aromatic carbocycles. The van der Waals surface area contributed by atoms with Crippen LogP contribution in [0.15, 0.2) is 0 Å². The Morgan fingerprint density at radius 1 is 1.73 bits per heavy atom. The SMILES string of the molecule is CCOP1(=O)CC(O)C(Cl)C1. The summed E-state index contributed by atoms with van der Waals surface area (Å²) in [6, 6.07) is 0. The van der Waals surface area contributed by atoms with Crippen LogP contribution in [-0.4, -0.2) is 35.5 Å². The topological polar surface area (TPSA) is 46.5 Å². The molecule has 0 bridgehead atoms. The van der Waals surface area contributed by atoms with Gasteiger partial charge in [0.05, 0.1) is 24.2 Å². The molecule has 1 rings (SSSR count). The molecule has 1 N–H and O–H groups in total. The molecular formula is C6H12ClO3P. The second-order valence-corrected chi connectivity index (χ2v) is 5.86. The molecule has 0 radical (unpaired) electrons. The molecule has 1 heterocycles. The van der Waals surface area contributed by atoms with Gasteiger partial charge in [0, 0.05) is 6.16 Å². The first-order chi connectivity index (χ1) is 5.07. The summed E-state index contributed by atoms with van der Waals surface area (Å²) in [4.78, 5) is 0. The minimum atomic E-state index is -2.56. The van der Waals surface area contributed by atoms with Crippen molar-refractivity contribution < 1.29 is 14.2 Å². The van der Waals surface area contributed by atoms with Gasteiger partial charge in [-0.25, -0.2) is 0 Å². The van der Waals surface area contributed by atoms with Gasteiger partial charge in [0.2, 0.25) is 7.37 Å². The highest BCUT2D eigenvalue weighted by Crippen LogP contribution is 2.54. The van der Waals surface area contributed by atoms with Crippen molar-refractivity contribution in [3.05, 3.63) is 0 Å². The minimum absolute atomic E-state index is 0.217.